The van der Waals surface area contributed by atoms with Crippen molar-refractivity contribution in [1.82, 2.24) is 0 Å². The predicted molar refractivity (Wildman–Crippen MR) is 125 cm³/mol. The van der Waals surface area contributed by atoms with Crippen LogP contribution in [-0.4, -0.2) is 17.7 Å². The molecule has 1 aliphatic heterocycles. The number of anilines is 2. The van der Waals surface area contributed by atoms with Gasteiger partial charge in [-0.1, -0.05) is 28.1 Å². The fourth-order valence-electron chi connectivity index (χ4n) is 6.09. The molecule has 2 aromatic carbocycles. The number of hydrogen-bond acceptors (Lipinski definition) is 3. The second kappa shape index (κ2) is 6.88. The standard InChI is InChI=1S/C26H23BrN2O3/c1-12-13(2)21(10-9-20(12)27)28-24(30)14-3-5-15(6-4-14)29-25(31)22-16-7-8-17(19-11-18(16)19)23(22)26(29)32/h3-10,16-19,22-23H,11H2,1-2H3,(H,28,30). The topological polar surface area (TPSA) is 66.5 Å². The Hall–Kier alpha value is -2.73. The van der Waals surface area contributed by atoms with Gasteiger partial charge in [0.05, 0.1) is 17.5 Å². The van der Waals surface area contributed by atoms with E-state index in [0.717, 1.165) is 27.7 Å². The third-order valence-corrected chi connectivity index (χ3v) is 8.88. The number of allylic oxidation sites excluding steroid dienone is 2. The van der Waals surface area contributed by atoms with Crippen LogP contribution in [0.3, 0.4) is 0 Å². The number of halogens is 1. The maximum absolute atomic E-state index is 13.2. The Labute approximate surface area is 195 Å². The second-order valence-electron chi connectivity index (χ2n) is 9.51. The number of hydrogen-bond donors (Lipinski definition) is 1. The Bertz CT molecular complexity index is 1180. The summed E-state index contributed by atoms with van der Waals surface area (Å²) in [6, 6.07) is 10.6. The largest absolute Gasteiger partial charge is 0.322 e. The number of imide groups is 1. The van der Waals surface area contributed by atoms with Crippen molar-refractivity contribution in [3.05, 3.63) is 69.7 Å². The van der Waals surface area contributed by atoms with E-state index in [1.165, 1.54) is 4.90 Å². The highest BCUT2D eigenvalue weighted by Crippen LogP contribution is 2.65. The molecule has 1 N–H and O–H groups in total. The molecule has 2 saturated carbocycles. The fraction of sp³-hybridized carbons (Fsp3) is 0.346. The summed E-state index contributed by atoms with van der Waals surface area (Å²) in [6.45, 7) is 3.96. The lowest BCUT2D eigenvalue weighted by molar-refractivity contribution is -0.124. The Morgan fingerprint density at radius 2 is 1.50 bits per heavy atom. The summed E-state index contributed by atoms with van der Waals surface area (Å²) in [6.07, 6.45) is 5.50. The van der Waals surface area contributed by atoms with Crippen LogP contribution in [-0.2, 0) is 9.59 Å². The number of rotatable bonds is 3. The number of amides is 3. The number of nitrogens with zero attached hydrogens (tertiary/aromatic N) is 1. The van der Waals surface area contributed by atoms with E-state index in [0.29, 0.717) is 23.1 Å². The SMILES string of the molecule is Cc1c(Br)ccc(NC(=O)c2ccc(N3C(=O)C4C5C=CC(C6CC56)C4C3=O)cc2)c1C. The third-order valence-electron chi connectivity index (χ3n) is 8.02. The van der Waals surface area contributed by atoms with Crippen LogP contribution in [0.25, 0.3) is 0 Å². The molecule has 1 heterocycles. The molecule has 4 aliphatic carbocycles. The van der Waals surface area contributed by atoms with E-state index in [1.807, 2.05) is 26.0 Å². The van der Waals surface area contributed by atoms with Gasteiger partial charge in [0.2, 0.25) is 11.8 Å². The van der Waals surface area contributed by atoms with E-state index in [1.54, 1.807) is 24.3 Å². The van der Waals surface area contributed by atoms with Crippen LogP contribution in [0.2, 0.25) is 0 Å². The molecule has 3 amide bonds. The van der Waals surface area contributed by atoms with Crippen molar-refractivity contribution in [2.24, 2.45) is 35.5 Å². The zero-order chi connectivity index (χ0) is 22.3. The monoisotopic (exact) mass is 490 g/mol. The molecule has 6 heteroatoms. The van der Waals surface area contributed by atoms with E-state index in [2.05, 4.69) is 33.4 Å². The highest BCUT2D eigenvalue weighted by Gasteiger charge is 2.67. The van der Waals surface area contributed by atoms with Gasteiger partial charge in [0, 0.05) is 15.7 Å². The molecule has 0 radical (unpaired) electrons. The lowest BCUT2D eigenvalue weighted by Gasteiger charge is -2.37. The summed E-state index contributed by atoms with van der Waals surface area (Å²) in [5.41, 5.74) is 3.87. The maximum atomic E-state index is 13.2. The normalized spacial score (nSPS) is 31.5. The molecule has 6 unspecified atom stereocenters. The van der Waals surface area contributed by atoms with Gasteiger partial charge < -0.3 is 5.32 Å². The molecule has 2 bridgehead atoms. The first-order valence-corrected chi connectivity index (χ1v) is 11.9. The third kappa shape index (κ3) is 2.71. The lowest BCUT2D eigenvalue weighted by Crippen LogP contribution is -2.40. The zero-order valence-electron chi connectivity index (χ0n) is 17.8. The first kappa shape index (κ1) is 19.9. The van der Waals surface area contributed by atoms with Crippen LogP contribution < -0.4 is 10.2 Å². The maximum Gasteiger partial charge on any atom is 0.255 e. The van der Waals surface area contributed by atoms with Crippen molar-refractivity contribution in [3.63, 3.8) is 0 Å². The minimum atomic E-state index is -0.226. The molecule has 0 spiro atoms. The molecule has 1 saturated heterocycles. The van der Waals surface area contributed by atoms with Crippen molar-refractivity contribution < 1.29 is 14.4 Å². The average molecular weight is 491 g/mol. The first-order chi connectivity index (χ1) is 15.4. The number of nitrogens with one attached hydrogen (secondary N) is 1. The van der Waals surface area contributed by atoms with Gasteiger partial charge in [-0.25, -0.2) is 0 Å². The zero-order valence-corrected chi connectivity index (χ0v) is 19.4. The summed E-state index contributed by atoms with van der Waals surface area (Å²) in [5.74, 6) is 0.764. The van der Waals surface area contributed by atoms with Gasteiger partial charge >= 0.3 is 0 Å². The number of carbonyl (C=O) groups is 3. The van der Waals surface area contributed by atoms with Crippen LogP contribution in [0, 0.1) is 49.4 Å². The minimum absolute atomic E-state index is 0.0807. The van der Waals surface area contributed by atoms with E-state index in [9.17, 15) is 14.4 Å². The van der Waals surface area contributed by atoms with E-state index in [4.69, 9.17) is 0 Å². The predicted octanol–water partition coefficient (Wildman–Crippen LogP) is 4.88. The lowest BCUT2D eigenvalue weighted by atomic mass is 9.63. The van der Waals surface area contributed by atoms with Crippen molar-refractivity contribution in [1.29, 1.82) is 0 Å². The van der Waals surface area contributed by atoms with Gasteiger partial charge in [0.25, 0.3) is 5.91 Å². The molecular formula is C26H23BrN2O3. The Kier molecular flexibility index (Phi) is 4.28. The highest BCUT2D eigenvalue weighted by molar-refractivity contribution is 9.10. The van der Waals surface area contributed by atoms with Crippen LogP contribution in [0.15, 0.2) is 53.0 Å². The molecule has 0 aromatic heterocycles. The Morgan fingerprint density at radius 1 is 0.906 bits per heavy atom. The van der Waals surface area contributed by atoms with Crippen LogP contribution in [0.4, 0.5) is 11.4 Å². The molecule has 5 nitrogen and oxygen atoms in total. The Balaban J connectivity index is 1.23. The molecule has 32 heavy (non-hydrogen) atoms. The van der Waals surface area contributed by atoms with Crippen molar-refractivity contribution >= 4 is 45.0 Å². The van der Waals surface area contributed by atoms with Gasteiger partial charge in [0.1, 0.15) is 0 Å². The summed E-state index contributed by atoms with van der Waals surface area (Å²) in [7, 11) is 0. The summed E-state index contributed by atoms with van der Waals surface area (Å²) in [4.78, 5) is 40.6. The highest BCUT2D eigenvalue weighted by atomic mass is 79.9. The van der Waals surface area contributed by atoms with E-state index >= 15 is 0 Å². The molecular weight excluding hydrogens is 468 g/mol. The molecule has 5 aliphatic rings. The molecule has 162 valence electrons. The number of carbonyl (C=O) groups excluding carboxylic acids is 3. The molecule has 6 atom stereocenters. The van der Waals surface area contributed by atoms with Crippen molar-refractivity contribution in [3.8, 4) is 0 Å². The number of benzene rings is 2. The first-order valence-electron chi connectivity index (χ1n) is 11.1. The van der Waals surface area contributed by atoms with Gasteiger partial charge in [-0.3, -0.25) is 19.3 Å². The van der Waals surface area contributed by atoms with Gasteiger partial charge in [0.15, 0.2) is 0 Å². The van der Waals surface area contributed by atoms with E-state index in [-0.39, 0.29) is 41.4 Å². The van der Waals surface area contributed by atoms with Crippen molar-refractivity contribution in [2.45, 2.75) is 20.3 Å². The van der Waals surface area contributed by atoms with Crippen LogP contribution in [0.1, 0.15) is 27.9 Å². The van der Waals surface area contributed by atoms with Crippen molar-refractivity contribution in [2.75, 3.05) is 10.2 Å². The summed E-state index contributed by atoms with van der Waals surface area (Å²) in [5, 5.41) is 2.96. The average Bonchev–Trinajstić information content (AvgIpc) is 3.58. The summed E-state index contributed by atoms with van der Waals surface area (Å²) >= 11 is 3.50. The smallest absolute Gasteiger partial charge is 0.255 e. The minimum Gasteiger partial charge on any atom is -0.322 e. The molecule has 2 aromatic rings. The summed E-state index contributed by atoms with van der Waals surface area (Å²) < 4.78 is 0.999. The quantitative estimate of drug-likeness (QED) is 0.492. The second-order valence-corrected chi connectivity index (χ2v) is 10.4. The molecule has 7 rings (SSSR count). The van der Waals surface area contributed by atoms with E-state index < -0.39 is 0 Å². The van der Waals surface area contributed by atoms with Gasteiger partial charge in [-0.05, 0) is 91.5 Å². The Morgan fingerprint density at radius 3 is 2.09 bits per heavy atom. The van der Waals surface area contributed by atoms with Gasteiger partial charge in [-0.2, -0.15) is 0 Å². The fourth-order valence-corrected chi connectivity index (χ4v) is 6.52. The molecule has 3 fully saturated rings. The van der Waals surface area contributed by atoms with Crippen LogP contribution in [0.5, 0.6) is 0 Å². The van der Waals surface area contributed by atoms with Crippen LogP contribution >= 0.6 is 15.9 Å². The van der Waals surface area contributed by atoms with Gasteiger partial charge in [-0.15, -0.1) is 0 Å².